The summed E-state index contributed by atoms with van der Waals surface area (Å²) < 4.78 is 5.23. The molecule has 6 nitrogen and oxygen atoms in total. The predicted octanol–water partition coefficient (Wildman–Crippen LogP) is 1.75. The highest BCUT2D eigenvalue weighted by molar-refractivity contribution is 5.71. The normalized spacial score (nSPS) is 18.6. The van der Waals surface area contributed by atoms with Crippen LogP contribution in [0, 0.1) is 6.92 Å². The molecule has 112 valence electrons. The molecule has 0 atom stereocenters. The van der Waals surface area contributed by atoms with Crippen molar-refractivity contribution < 1.29 is 0 Å². The number of imidazole rings is 1. The first-order chi connectivity index (χ1) is 10.1. The molecule has 2 aromatic rings. The zero-order valence-electron chi connectivity index (χ0n) is 12.5. The Morgan fingerprint density at radius 3 is 2.29 bits per heavy atom. The minimum atomic E-state index is -0.154. The Labute approximate surface area is 122 Å². The molecule has 0 aliphatic heterocycles. The molecule has 0 bridgehead atoms. The lowest BCUT2D eigenvalue weighted by molar-refractivity contribution is 0.583. The van der Waals surface area contributed by atoms with Gasteiger partial charge in [-0.15, -0.1) is 0 Å². The highest BCUT2D eigenvalue weighted by Gasteiger charge is 2.34. The van der Waals surface area contributed by atoms with Gasteiger partial charge in [0.05, 0.1) is 0 Å². The number of rotatable bonds is 4. The summed E-state index contributed by atoms with van der Waals surface area (Å²) in [6.45, 7) is 4.77. The van der Waals surface area contributed by atoms with Crippen molar-refractivity contribution in [3.05, 3.63) is 26.7 Å². The first kappa shape index (κ1) is 12.9. The van der Waals surface area contributed by atoms with Crippen LogP contribution in [-0.2, 0) is 6.54 Å². The Morgan fingerprint density at radius 1 is 1.10 bits per heavy atom. The second-order valence-corrected chi connectivity index (χ2v) is 6.27. The molecule has 21 heavy (non-hydrogen) atoms. The molecule has 0 N–H and O–H groups in total. The quantitative estimate of drug-likeness (QED) is 0.861. The zero-order chi connectivity index (χ0) is 14.7. The Hall–Kier alpha value is -1.85. The molecule has 2 aromatic heterocycles. The SMILES string of the molecule is CCCn1c(C)nc2c1c(=O)n(C1CC1)c(=O)n2C1CC1. The Balaban J connectivity index is 2.13. The fourth-order valence-electron chi connectivity index (χ4n) is 3.15. The molecule has 0 radical (unpaired) electrons. The van der Waals surface area contributed by atoms with Crippen molar-refractivity contribution in [2.75, 3.05) is 0 Å². The highest BCUT2D eigenvalue weighted by atomic mass is 16.2. The van der Waals surface area contributed by atoms with Gasteiger partial charge < -0.3 is 4.57 Å². The molecule has 4 rings (SSSR count). The van der Waals surface area contributed by atoms with E-state index in [2.05, 4.69) is 11.9 Å². The third kappa shape index (κ3) is 1.81. The lowest BCUT2D eigenvalue weighted by Crippen LogP contribution is -2.40. The molecular formula is C15H20N4O2. The minimum Gasteiger partial charge on any atom is -0.322 e. The van der Waals surface area contributed by atoms with Gasteiger partial charge in [0.2, 0.25) is 0 Å². The van der Waals surface area contributed by atoms with Gasteiger partial charge in [0.15, 0.2) is 11.2 Å². The van der Waals surface area contributed by atoms with E-state index in [0.717, 1.165) is 44.5 Å². The van der Waals surface area contributed by atoms with Crippen molar-refractivity contribution in [3.8, 4) is 0 Å². The molecule has 2 aliphatic carbocycles. The second kappa shape index (κ2) is 4.32. The lowest BCUT2D eigenvalue weighted by atomic mass is 10.4. The fourth-order valence-corrected chi connectivity index (χ4v) is 3.15. The molecule has 0 unspecified atom stereocenters. The van der Waals surface area contributed by atoms with Gasteiger partial charge in [0, 0.05) is 18.6 Å². The highest BCUT2D eigenvalue weighted by Crippen LogP contribution is 2.37. The third-order valence-corrected chi connectivity index (χ3v) is 4.47. The van der Waals surface area contributed by atoms with Crippen LogP contribution in [0.5, 0.6) is 0 Å². The smallest absolute Gasteiger partial charge is 0.322 e. The lowest BCUT2D eigenvalue weighted by Gasteiger charge is -2.11. The van der Waals surface area contributed by atoms with Gasteiger partial charge in [-0.3, -0.25) is 13.9 Å². The van der Waals surface area contributed by atoms with Gasteiger partial charge in [-0.2, -0.15) is 0 Å². The Bertz CT molecular complexity index is 834. The van der Waals surface area contributed by atoms with Crippen LogP contribution < -0.4 is 11.2 Å². The van der Waals surface area contributed by atoms with E-state index in [4.69, 9.17) is 0 Å². The molecular weight excluding hydrogens is 268 g/mol. The monoisotopic (exact) mass is 288 g/mol. The van der Waals surface area contributed by atoms with E-state index in [1.165, 1.54) is 4.57 Å². The van der Waals surface area contributed by atoms with Crippen LogP contribution in [0.4, 0.5) is 0 Å². The maximum atomic E-state index is 12.8. The molecule has 2 heterocycles. The molecule has 0 aromatic carbocycles. The van der Waals surface area contributed by atoms with Gasteiger partial charge in [0.1, 0.15) is 5.82 Å². The molecule has 2 aliphatic rings. The summed E-state index contributed by atoms with van der Waals surface area (Å²) in [5.41, 5.74) is 0.908. The maximum Gasteiger partial charge on any atom is 0.333 e. The van der Waals surface area contributed by atoms with Crippen LogP contribution in [0.15, 0.2) is 9.59 Å². The average Bonchev–Trinajstić information content (AvgIpc) is 3.31. The molecule has 0 spiro atoms. The summed E-state index contributed by atoms with van der Waals surface area (Å²) in [6, 6.07) is 0.333. The number of fused-ring (bicyclic) bond motifs is 1. The minimum absolute atomic E-state index is 0.102. The summed E-state index contributed by atoms with van der Waals surface area (Å²) in [7, 11) is 0. The van der Waals surface area contributed by atoms with Gasteiger partial charge in [-0.25, -0.2) is 9.78 Å². The number of nitrogens with zero attached hydrogens (tertiary/aromatic N) is 4. The first-order valence-electron chi connectivity index (χ1n) is 7.87. The first-order valence-corrected chi connectivity index (χ1v) is 7.87. The van der Waals surface area contributed by atoms with Gasteiger partial charge in [-0.05, 0) is 39.0 Å². The van der Waals surface area contributed by atoms with E-state index in [-0.39, 0.29) is 23.3 Å². The van der Waals surface area contributed by atoms with Crippen molar-refractivity contribution in [1.82, 2.24) is 18.7 Å². The number of hydrogen-bond acceptors (Lipinski definition) is 3. The second-order valence-electron chi connectivity index (χ2n) is 6.27. The van der Waals surface area contributed by atoms with Gasteiger partial charge in [0.25, 0.3) is 5.56 Å². The standard InChI is InChI=1S/C15H20N4O2/c1-3-8-17-9(2)16-13-12(17)14(20)19(11-6-7-11)15(21)18(13)10-4-5-10/h10-11H,3-8H2,1-2H3. The van der Waals surface area contributed by atoms with Crippen LogP contribution in [0.2, 0.25) is 0 Å². The largest absolute Gasteiger partial charge is 0.333 e. The number of aryl methyl sites for hydroxylation is 2. The summed E-state index contributed by atoms with van der Waals surface area (Å²) >= 11 is 0. The van der Waals surface area contributed by atoms with Crippen LogP contribution in [0.1, 0.15) is 56.9 Å². The van der Waals surface area contributed by atoms with Crippen LogP contribution in [0.3, 0.4) is 0 Å². The number of hydrogen-bond donors (Lipinski definition) is 0. The van der Waals surface area contributed by atoms with Crippen molar-refractivity contribution >= 4 is 11.2 Å². The third-order valence-electron chi connectivity index (χ3n) is 4.47. The number of aromatic nitrogens is 4. The topological polar surface area (TPSA) is 61.8 Å². The Kier molecular flexibility index (Phi) is 2.65. The van der Waals surface area contributed by atoms with Crippen LogP contribution >= 0.6 is 0 Å². The molecule has 6 heteroatoms. The molecule has 0 saturated heterocycles. The van der Waals surface area contributed by atoms with E-state index in [0.29, 0.717) is 11.2 Å². The predicted molar refractivity (Wildman–Crippen MR) is 79.8 cm³/mol. The fraction of sp³-hybridized carbons (Fsp3) is 0.667. The average molecular weight is 288 g/mol. The summed E-state index contributed by atoms with van der Waals surface area (Å²) in [5, 5.41) is 0. The molecule has 2 saturated carbocycles. The van der Waals surface area contributed by atoms with Crippen molar-refractivity contribution in [1.29, 1.82) is 0 Å². The summed E-state index contributed by atoms with van der Waals surface area (Å²) in [4.78, 5) is 30.1. The van der Waals surface area contributed by atoms with E-state index >= 15 is 0 Å². The molecule has 2 fully saturated rings. The summed E-state index contributed by atoms with van der Waals surface area (Å²) in [5.74, 6) is 0.825. The molecule has 0 amide bonds. The van der Waals surface area contributed by atoms with Crippen molar-refractivity contribution in [2.45, 2.75) is 64.6 Å². The van der Waals surface area contributed by atoms with E-state index in [9.17, 15) is 9.59 Å². The maximum absolute atomic E-state index is 12.8. The van der Waals surface area contributed by atoms with Gasteiger partial charge in [-0.1, -0.05) is 6.92 Å². The van der Waals surface area contributed by atoms with Crippen molar-refractivity contribution in [3.63, 3.8) is 0 Å². The Morgan fingerprint density at radius 2 is 1.71 bits per heavy atom. The van der Waals surface area contributed by atoms with Crippen molar-refractivity contribution in [2.24, 2.45) is 0 Å². The van der Waals surface area contributed by atoms with Gasteiger partial charge >= 0.3 is 5.69 Å². The van der Waals surface area contributed by atoms with E-state index in [1.54, 1.807) is 4.57 Å². The van der Waals surface area contributed by atoms with Crippen LogP contribution in [0.25, 0.3) is 11.2 Å². The zero-order valence-corrected chi connectivity index (χ0v) is 12.5. The van der Waals surface area contributed by atoms with Crippen LogP contribution in [-0.4, -0.2) is 18.7 Å². The van der Waals surface area contributed by atoms with E-state index < -0.39 is 0 Å². The van der Waals surface area contributed by atoms with E-state index in [1.807, 2.05) is 11.5 Å². The summed E-state index contributed by atoms with van der Waals surface area (Å²) in [6.07, 6.45) is 4.84.